The molecule has 0 radical (unpaired) electrons. The smallest absolute Gasteiger partial charge is 0.410 e. The zero-order valence-electron chi connectivity index (χ0n) is 11.4. The third kappa shape index (κ3) is 3.26. The van der Waals surface area contributed by atoms with Crippen LogP contribution >= 0.6 is 0 Å². The molecule has 0 bridgehead atoms. The highest BCUT2D eigenvalue weighted by Gasteiger charge is 2.22. The Bertz CT molecular complexity index is 445. The van der Waals surface area contributed by atoms with Crippen LogP contribution in [0, 0.1) is 0 Å². The van der Waals surface area contributed by atoms with E-state index in [4.69, 9.17) is 4.74 Å². The first-order chi connectivity index (χ1) is 9.26. The third-order valence-corrected chi connectivity index (χ3v) is 3.51. The molecule has 19 heavy (non-hydrogen) atoms. The van der Waals surface area contributed by atoms with Crippen molar-refractivity contribution in [2.75, 3.05) is 13.2 Å². The number of fused-ring (bicyclic) bond motifs is 1. The van der Waals surface area contributed by atoms with Gasteiger partial charge in [-0.05, 0) is 29.5 Å². The van der Waals surface area contributed by atoms with E-state index >= 15 is 0 Å². The lowest BCUT2D eigenvalue weighted by Gasteiger charge is -2.29. The summed E-state index contributed by atoms with van der Waals surface area (Å²) in [7, 11) is 0. The Hall–Kier alpha value is -1.55. The van der Waals surface area contributed by atoms with E-state index in [-0.39, 0.29) is 12.7 Å². The summed E-state index contributed by atoms with van der Waals surface area (Å²) in [5.41, 5.74) is 3.27. The van der Waals surface area contributed by atoms with Crippen LogP contribution in [0.15, 0.2) is 18.2 Å². The number of nitrogens with zero attached hydrogens (tertiary/aromatic N) is 1. The van der Waals surface area contributed by atoms with Gasteiger partial charge in [-0.3, -0.25) is 0 Å². The van der Waals surface area contributed by atoms with Crippen LogP contribution in [-0.4, -0.2) is 29.3 Å². The highest BCUT2D eigenvalue weighted by Crippen LogP contribution is 2.23. The van der Waals surface area contributed by atoms with Crippen molar-refractivity contribution in [2.24, 2.45) is 0 Å². The van der Waals surface area contributed by atoms with E-state index in [1.165, 1.54) is 5.56 Å². The summed E-state index contributed by atoms with van der Waals surface area (Å²) in [5.74, 6) is 0. The van der Waals surface area contributed by atoms with Crippen molar-refractivity contribution in [3.63, 3.8) is 0 Å². The monoisotopic (exact) mass is 263 g/mol. The maximum absolute atomic E-state index is 11.9. The highest BCUT2D eigenvalue weighted by molar-refractivity contribution is 5.68. The van der Waals surface area contributed by atoms with Gasteiger partial charge >= 0.3 is 6.09 Å². The molecule has 4 heteroatoms. The molecule has 0 unspecified atom stereocenters. The van der Waals surface area contributed by atoms with Gasteiger partial charge in [0.1, 0.15) is 0 Å². The number of ether oxygens (including phenoxy) is 1. The van der Waals surface area contributed by atoms with E-state index in [1.54, 1.807) is 4.90 Å². The minimum absolute atomic E-state index is 0.0596. The molecule has 0 aromatic heterocycles. The Balaban J connectivity index is 2.00. The van der Waals surface area contributed by atoms with Crippen LogP contribution in [0.1, 0.15) is 36.5 Å². The molecule has 1 heterocycles. The van der Waals surface area contributed by atoms with Gasteiger partial charge in [-0.15, -0.1) is 0 Å². The second-order valence-corrected chi connectivity index (χ2v) is 4.85. The van der Waals surface area contributed by atoms with E-state index in [1.807, 2.05) is 18.2 Å². The van der Waals surface area contributed by atoms with Crippen LogP contribution < -0.4 is 0 Å². The maximum atomic E-state index is 11.9. The number of amides is 1. The van der Waals surface area contributed by atoms with Crippen molar-refractivity contribution < 1.29 is 14.6 Å². The molecule has 1 aromatic carbocycles. The maximum Gasteiger partial charge on any atom is 0.410 e. The summed E-state index contributed by atoms with van der Waals surface area (Å²) < 4.78 is 5.23. The van der Waals surface area contributed by atoms with Crippen LogP contribution in [0.2, 0.25) is 0 Å². The standard InChI is InChI=1S/C15H21NO3/c1-2-3-9-19-15(18)16-8-7-14-12(10-16)5-4-6-13(14)11-17/h4-6,17H,2-3,7-11H2,1H3. The lowest BCUT2D eigenvalue weighted by Crippen LogP contribution is -2.36. The number of aliphatic hydroxyl groups excluding tert-OH is 1. The molecule has 1 amide bonds. The number of hydrogen-bond acceptors (Lipinski definition) is 3. The van der Waals surface area contributed by atoms with Gasteiger partial charge < -0.3 is 14.7 Å². The third-order valence-electron chi connectivity index (χ3n) is 3.51. The predicted octanol–water partition coefficient (Wildman–Crippen LogP) is 2.47. The Morgan fingerprint density at radius 1 is 1.47 bits per heavy atom. The van der Waals surface area contributed by atoms with Crippen molar-refractivity contribution in [2.45, 2.75) is 39.3 Å². The van der Waals surface area contributed by atoms with Crippen LogP contribution in [0.5, 0.6) is 0 Å². The number of rotatable bonds is 4. The zero-order valence-corrected chi connectivity index (χ0v) is 11.4. The van der Waals surface area contributed by atoms with E-state index in [9.17, 15) is 9.90 Å². The molecular weight excluding hydrogens is 242 g/mol. The van der Waals surface area contributed by atoms with E-state index in [0.29, 0.717) is 19.7 Å². The topological polar surface area (TPSA) is 49.8 Å². The number of hydrogen-bond donors (Lipinski definition) is 1. The van der Waals surface area contributed by atoms with Crippen LogP contribution in [-0.2, 0) is 24.3 Å². The minimum atomic E-state index is -0.228. The normalized spacial score (nSPS) is 14.1. The molecule has 0 aliphatic carbocycles. The fraction of sp³-hybridized carbons (Fsp3) is 0.533. The summed E-state index contributed by atoms with van der Waals surface area (Å²) in [6, 6.07) is 5.88. The summed E-state index contributed by atoms with van der Waals surface area (Å²) in [5, 5.41) is 9.31. The van der Waals surface area contributed by atoms with Crippen LogP contribution in [0.3, 0.4) is 0 Å². The Morgan fingerprint density at radius 2 is 2.32 bits per heavy atom. The molecular formula is C15H21NO3. The second kappa shape index (κ2) is 6.57. The van der Waals surface area contributed by atoms with Gasteiger partial charge in [0.05, 0.1) is 13.2 Å². The predicted molar refractivity (Wildman–Crippen MR) is 72.7 cm³/mol. The van der Waals surface area contributed by atoms with Gasteiger partial charge in [0.25, 0.3) is 0 Å². The number of carbonyl (C=O) groups excluding carboxylic acids is 1. The molecule has 1 aliphatic heterocycles. The van der Waals surface area contributed by atoms with Gasteiger partial charge in [0, 0.05) is 13.1 Å². The molecule has 0 saturated heterocycles. The van der Waals surface area contributed by atoms with Gasteiger partial charge in [-0.25, -0.2) is 4.79 Å². The molecule has 1 aromatic rings. The van der Waals surface area contributed by atoms with Crippen LogP contribution in [0.4, 0.5) is 4.79 Å². The van der Waals surface area contributed by atoms with E-state index in [2.05, 4.69) is 6.92 Å². The Morgan fingerprint density at radius 3 is 3.05 bits per heavy atom. The highest BCUT2D eigenvalue weighted by atomic mass is 16.6. The van der Waals surface area contributed by atoms with Crippen molar-refractivity contribution in [1.82, 2.24) is 4.90 Å². The van der Waals surface area contributed by atoms with Gasteiger partial charge in [-0.2, -0.15) is 0 Å². The van der Waals surface area contributed by atoms with Gasteiger partial charge in [0.2, 0.25) is 0 Å². The second-order valence-electron chi connectivity index (χ2n) is 4.85. The lowest BCUT2D eigenvalue weighted by atomic mass is 9.95. The average molecular weight is 263 g/mol. The summed E-state index contributed by atoms with van der Waals surface area (Å²) >= 11 is 0. The quantitative estimate of drug-likeness (QED) is 0.849. The number of carbonyl (C=O) groups is 1. The minimum Gasteiger partial charge on any atom is -0.449 e. The van der Waals surface area contributed by atoms with Crippen LogP contribution in [0.25, 0.3) is 0 Å². The lowest BCUT2D eigenvalue weighted by molar-refractivity contribution is 0.0965. The number of unbranched alkanes of at least 4 members (excludes halogenated alkanes) is 1. The van der Waals surface area contributed by atoms with Gasteiger partial charge in [0.15, 0.2) is 0 Å². The molecule has 1 N–H and O–H groups in total. The first-order valence-electron chi connectivity index (χ1n) is 6.88. The van der Waals surface area contributed by atoms with Crippen molar-refractivity contribution in [3.05, 3.63) is 34.9 Å². The van der Waals surface area contributed by atoms with E-state index in [0.717, 1.165) is 30.4 Å². The first-order valence-corrected chi connectivity index (χ1v) is 6.88. The number of aliphatic hydroxyl groups is 1. The summed E-state index contributed by atoms with van der Waals surface area (Å²) in [6.07, 6.45) is 2.49. The first kappa shape index (κ1) is 13.9. The van der Waals surface area contributed by atoms with Crippen molar-refractivity contribution >= 4 is 6.09 Å². The van der Waals surface area contributed by atoms with Crippen molar-refractivity contribution in [1.29, 1.82) is 0 Å². The number of benzene rings is 1. The summed E-state index contributed by atoms with van der Waals surface area (Å²) in [6.45, 7) is 3.87. The molecule has 0 atom stereocenters. The van der Waals surface area contributed by atoms with Gasteiger partial charge in [-0.1, -0.05) is 31.5 Å². The Labute approximate surface area is 114 Å². The molecule has 2 rings (SSSR count). The largest absolute Gasteiger partial charge is 0.449 e. The van der Waals surface area contributed by atoms with Crippen molar-refractivity contribution in [3.8, 4) is 0 Å². The van der Waals surface area contributed by atoms with E-state index < -0.39 is 0 Å². The molecule has 0 fully saturated rings. The SMILES string of the molecule is CCCCOC(=O)N1CCc2c(CO)cccc2C1. The fourth-order valence-corrected chi connectivity index (χ4v) is 2.39. The zero-order chi connectivity index (χ0) is 13.7. The molecule has 0 spiro atoms. The molecule has 104 valence electrons. The molecule has 4 nitrogen and oxygen atoms in total. The fourth-order valence-electron chi connectivity index (χ4n) is 2.39. The Kier molecular flexibility index (Phi) is 4.80. The summed E-state index contributed by atoms with van der Waals surface area (Å²) in [4.78, 5) is 13.6. The molecule has 0 saturated carbocycles. The average Bonchev–Trinajstić information content (AvgIpc) is 2.46. The molecule has 1 aliphatic rings.